The minimum Gasteiger partial charge on any atom is -0.480 e. The third kappa shape index (κ3) is 2.35. The molecule has 2 atom stereocenters. The summed E-state index contributed by atoms with van der Waals surface area (Å²) in [4.78, 5) is 10.3. The van der Waals surface area contributed by atoms with E-state index in [9.17, 15) is 4.79 Å². The summed E-state index contributed by atoms with van der Waals surface area (Å²) >= 11 is 0. The van der Waals surface area contributed by atoms with Crippen molar-refractivity contribution in [3.8, 4) is 0 Å². The molecule has 0 aliphatic rings. The fourth-order valence-electron chi connectivity index (χ4n) is 0.640. The number of carboxylic acids is 1. The molecule has 3 N–H and O–H groups in total. The van der Waals surface area contributed by atoms with Gasteiger partial charge in [0, 0.05) is 0 Å². The monoisotopic (exact) mass is 145 g/mol. The van der Waals surface area contributed by atoms with Gasteiger partial charge in [-0.1, -0.05) is 20.8 Å². The molecule has 0 saturated heterocycles. The van der Waals surface area contributed by atoms with Crippen LogP contribution in [0.2, 0.25) is 0 Å². The first kappa shape index (κ1) is 9.43. The Bertz CT molecular complexity index is 123. The van der Waals surface area contributed by atoms with E-state index < -0.39 is 12.0 Å². The van der Waals surface area contributed by atoms with Gasteiger partial charge in [-0.05, 0) is 11.8 Å². The number of aliphatic carboxylic acids is 1. The molecule has 0 bridgehead atoms. The van der Waals surface area contributed by atoms with Crippen LogP contribution in [-0.2, 0) is 4.79 Å². The third-order valence-electron chi connectivity index (χ3n) is 1.90. The molecule has 0 aliphatic heterocycles. The summed E-state index contributed by atoms with van der Waals surface area (Å²) in [6.07, 6.45) is 0. The normalized spacial score (nSPS) is 16.9. The van der Waals surface area contributed by atoms with Gasteiger partial charge in [0.25, 0.3) is 0 Å². The Labute approximate surface area is 61.2 Å². The lowest BCUT2D eigenvalue weighted by Gasteiger charge is -2.18. The highest BCUT2D eigenvalue weighted by atomic mass is 16.4. The van der Waals surface area contributed by atoms with Crippen molar-refractivity contribution in [1.82, 2.24) is 0 Å². The van der Waals surface area contributed by atoms with E-state index in [0.29, 0.717) is 5.92 Å². The van der Waals surface area contributed by atoms with Crippen LogP contribution in [-0.4, -0.2) is 17.1 Å². The molecule has 0 aromatic heterocycles. The molecule has 0 fully saturated rings. The van der Waals surface area contributed by atoms with E-state index in [1.807, 2.05) is 20.8 Å². The van der Waals surface area contributed by atoms with Crippen LogP contribution in [0.3, 0.4) is 0 Å². The molecule has 3 heteroatoms. The van der Waals surface area contributed by atoms with Crippen molar-refractivity contribution in [3.05, 3.63) is 0 Å². The van der Waals surface area contributed by atoms with E-state index in [-0.39, 0.29) is 5.92 Å². The van der Waals surface area contributed by atoms with Crippen LogP contribution < -0.4 is 5.73 Å². The molecule has 0 radical (unpaired) electrons. The molecule has 0 aromatic carbocycles. The van der Waals surface area contributed by atoms with Gasteiger partial charge in [-0.15, -0.1) is 0 Å². The van der Waals surface area contributed by atoms with E-state index in [1.165, 1.54) is 0 Å². The van der Waals surface area contributed by atoms with Crippen LogP contribution in [0.5, 0.6) is 0 Å². The van der Waals surface area contributed by atoms with Gasteiger partial charge in [0.05, 0.1) is 0 Å². The summed E-state index contributed by atoms with van der Waals surface area (Å²) in [6.45, 7) is 5.78. The first-order valence-corrected chi connectivity index (χ1v) is 3.45. The Balaban J connectivity index is 3.94. The zero-order valence-corrected chi connectivity index (χ0v) is 6.66. The molecular formula is C7H15NO2. The van der Waals surface area contributed by atoms with Gasteiger partial charge >= 0.3 is 5.97 Å². The van der Waals surface area contributed by atoms with Gasteiger partial charge in [0.2, 0.25) is 0 Å². The number of hydrogen-bond acceptors (Lipinski definition) is 2. The van der Waals surface area contributed by atoms with Gasteiger partial charge in [0.1, 0.15) is 6.04 Å². The average Bonchev–Trinajstić information content (AvgIpc) is 1.84. The highest BCUT2D eigenvalue weighted by Gasteiger charge is 2.21. The molecule has 0 rings (SSSR count). The van der Waals surface area contributed by atoms with E-state index in [4.69, 9.17) is 10.8 Å². The Morgan fingerprint density at radius 2 is 1.80 bits per heavy atom. The summed E-state index contributed by atoms with van der Waals surface area (Å²) < 4.78 is 0. The molecule has 0 heterocycles. The fourth-order valence-corrected chi connectivity index (χ4v) is 0.640. The summed E-state index contributed by atoms with van der Waals surface area (Å²) in [7, 11) is 0. The van der Waals surface area contributed by atoms with Crippen molar-refractivity contribution in [3.63, 3.8) is 0 Å². The van der Waals surface area contributed by atoms with E-state index in [2.05, 4.69) is 0 Å². The lowest BCUT2D eigenvalue weighted by molar-refractivity contribution is -0.140. The van der Waals surface area contributed by atoms with Crippen molar-refractivity contribution in [1.29, 1.82) is 0 Å². The number of carboxylic acid groups (broad SMARTS) is 1. The molecule has 0 aromatic rings. The quantitative estimate of drug-likeness (QED) is 0.614. The topological polar surface area (TPSA) is 63.3 Å². The van der Waals surface area contributed by atoms with Crippen molar-refractivity contribution in [2.24, 2.45) is 17.6 Å². The van der Waals surface area contributed by atoms with E-state index in [0.717, 1.165) is 0 Å². The predicted octanol–water partition coefficient (Wildman–Crippen LogP) is 0.690. The smallest absolute Gasteiger partial charge is 0.320 e. The summed E-state index contributed by atoms with van der Waals surface area (Å²) in [5, 5.41) is 8.48. The Morgan fingerprint density at radius 1 is 1.40 bits per heavy atom. The molecule has 3 nitrogen and oxygen atoms in total. The van der Waals surface area contributed by atoms with Crippen molar-refractivity contribution < 1.29 is 9.90 Å². The fraction of sp³-hybridized carbons (Fsp3) is 0.857. The standard InChI is InChI=1S/C7H15NO2/c1-4(2)5(3)6(8)7(9)10/h4-6H,8H2,1-3H3,(H,9,10)/t5-,6-/m0/s1. The number of carbonyl (C=O) groups is 1. The van der Waals surface area contributed by atoms with Gasteiger partial charge in [-0.25, -0.2) is 0 Å². The van der Waals surface area contributed by atoms with E-state index in [1.54, 1.807) is 0 Å². The summed E-state index contributed by atoms with van der Waals surface area (Å²) in [5.41, 5.74) is 5.36. The zero-order valence-electron chi connectivity index (χ0n) is 6.66. The maximum absolute atomic E-state index is 10.3. The summed E-state index contributed by atoms with van der Waals surface area (Å²) in [5.74, 6) is -0.551. The van der Waals surface area contributed by atoms with Crippen LogP contribution in [0.15, 0.2) is 0 Å². The van der Waals surface area contributed by atoms with Gasteiger partial charge in [-0.2, -0.15) is 0 Å². The van der Waals surface area contributed by atoms with Crippen molar-refractivity contribution in [2.75, 3.05) is 0 Å². The van der Waals surface area contributed by atoms with E-state index >= 15 is 0 Å². The molecular weight excluding hydrogens is 130 g/mol. The number of hydrogen-bond donors (Lipinski definition) is 2. The Hall–Kier alpha value is -0.570. The van der Waals surface area contributed by atoms with Crippen LogP contribution in [0.1, 0.15) is 20.8 Å². The van der Waals surface area contributed by atoms with Crippen molar-refractivity contribution in [2.45, 2.75) is 26.8 Å². The minimum atomic E-state index is -0.916. The molecule has 0 saturated carbocycles. The van der Waals surface area contributed by atoms with Gasteiger partial charge in [-0.3, -0.25) is 4.79 Å². The second-order valence-electron chi connectivity index (χ2n) is 2.97. The third-order valence-corrected chi connectivity index (χ3v) is 1.90. The first-order valence-electron chi connectivity index (χ1n) is 3.45. The minimum absolute atomic E-state index is 0.0394. The average molecular weight is 145 g/mol. The van der Waals surface area contributed by atoms with Crippen LogP contribution in [0.4, 0.5) is 0 Å². The van der Waals surface area contributed by atoms with Crippen LogP contribution in [0, 0.1) is 11.8 Å². The highest BCUT2D eigenvalue weighted by Crippen LogP contribution is 2.12. The highest BCUT2D eigenvalue weighted by molar-refractivity contribution is 5.73. The second kappa shape index (κ2) is 3.56. The largest absolute Gasteiger partial charge is 0.480 e. The number of nitrogens with two attached hydrogens (primary N) is 1. The molecule has 0 unspecified atom stereocenters. The molecule has 0 aliphatic carbocycles. The maximum Gasteiger partial charge on any atom is 0.320 e. The second-order valence-corrected chi connectivity index (χ2v) is 2.97. The van der Waals surface area contributed by atoms with Gasteiger partial charge < -0.3 is 10.8 Å². The molecule has 60 valence electrons. The number of rotatable bonds is 3. The maximum atomic E-state index is 10.3. The predicted molar refractivity (Wildman–Crippen MR) is 39.6 cm³/mol. The molecule has 0 amide bonds. The SMILES string of the molecule is CC(C)[C@H](C)[C@H](N)C(=O)O. The van der Waals surface area contributed by atoms with Crippen LogP contribution >= 0.6 is 0 Å². The first-order chi connectivity index (χ1) is 4.46. The summed E-state index contributed by atoms with van der Waals surface area (Å²) in [6, 6.07) is -0.722. The van der Waals surface area contributed by atoms with Crippen molar-refractivity contribution >= 4 is 5.97 Å². The lowest BCUT2D eigenvalue weighted by Crippen LogP contribution is -2.38. The Kier molecular flexibility index (Phi) is 3.36. The van der Waals surface area contributed by atoms with Gasteiger partial charge in [0.15, 0.2) is 0 Å². The van der Waals surface area contributed by atoms with Crippen LogP contribution in [0.25, 0.3) is 0 Å². The lowest BCUT2D eigenvalue weighted by atomic mass is 9.91. The molecule has 10 heavy (non-hydrogen) atoms. The Morgan fingerprint density at radius 3 is 1.90 bits per heavy atom. The molecule has 0 spiro atoms. The zero-order chi connectivity index (χ0) is 8.31.